The summed E-state index contributed by atoms with van der Waals surface area (Å²) >= 11 is 0. The van der Waals surface area contributed by atoms with Crippen LogP contribution >= 0.6 is 0 Å². The summed E-state index contributed by atoms with van der Waals surface area (Å²) in [4.78, 5) is 9.49. The lowest BCUT2D eigenvalue weighted by molar-refractivity contribution is -0.886. The van der Waals surface area contributed by atoms with Crippen molar-refractivity contribution >= 4 is 16.4 Å². The van der Waals surface area contributed by atoms with E-state index in [4.69, 9.17) is 17.5 Å². The van der Waals surface area contributed by atoms with Crippen molar-refractivity contribution < 1.29 is 40.9 Å². The number of hydrogen-bond donors (Lipinski definition) is 0. The molecule has 0 aliphatic heterocycles. The molecule has 0 saturated heterocycles. The molecule has 0 bridgehead atoms. The number of hydrogen-bond acceptors (Lipinski definition) is 6. The summed E-state index contributed by atoms with van der Waals surface area (Å²) in [6.07, 6.45) is 0. The van der Waals surface area contributed by atoms with E-state index in [-0.39, 0.29) is 5.57 Å². The monoisotopic (exact) mass is 487 g/mol. The van der Waals surface area contributed by atoms with E-state index < -0.39 is 16.4 Å². The maximum absolute atomic E-state index is 9.49. The Kier molecular flexibility index (Phi) is 26.5. The Balaban J connectivity index is -0.0000000954. The second kappa shape index (κ2) is 20.6. The molecule has 9 nitrogen and oxygen atoms in total. The Morgan fingerprint density at radius 3 is 0.750 bits per heavy atom. The molecule has 0 radical (unpaired) electrons. The van der Waals surface area contributed by atoms with Crippen LogP contribution in [0.15, 0.2) is 12.2 Å². The average Bonchev–Trinajstić information content (AvgIpc) is 2.68. The molecule has 0 amide bonds. The Bertz CT molecular complexity index is 498. The zero-order valence-electron chi connectivity index (χ0n) is 23.1. The number of carbonyl (C=O) groups is 1. The fraction of sp³-hybridized carbons (Fsp3) is 0.864. The summed E-state index contributed by atoms with van der Waals surface area (Å²) in [7, 11) is 8.25. The third-order valence-corrected chi connectivity index (χ3v) is 5.48. The molecule has 0 aliphatic carbocycles. The fourth-order valence-electron chi connectivity index (χ4n) is 0.671. The zero-order chi connectivity index (χ0) is 27.4. The van der Waals surface area contributed by atoms with Gasteiger partial charge in [-0.2, -0.15) is 0 Å². The predicted octanol–water partition coefficient (Wildman–Crippen LogP) is 1.28. The van der Waals surface area contributed by atoms with E-state index in [1.54, 1.807) is 0 Å². The van der Waals surface area contributed by atoms with Gasteiger partial charge in [-0.05, 0) is 54.0 Å². The molecule has 0 N–H and O–H groups in total. The van der Waals surface area contributed by atoms with E-state index in [9.17, 15) is 9.90 Å². The van der Waals surface area contributed by atoms with Crippen molar-refractivity contribution in [3.8, 4) is 0 Å². The highest BCUT2D eigenvalue weighted by molar-refractivity contribution is 7.79. The second-order valence-corrected chi connectivity index (χ2v) is 10.00. The molecule has 32 heavy (non-hydrogen) atoms. The zero-order valence-corrected chi connectivity index (χ0v) is 24.0. The lowest BCUT2D eigenvalue weighted by atomic mass is 10.4. The molecular weight excluding hydrogens is 434 g/mol. The molecule has 0 fully saturated rings. The first-order chi connectivity index (χ1) is 14.0. The molecule has 0 aliphatic rings. The summed E-state index contributed by atoms with van der Waals surface area (Å²) in [6, 6.07) is 0. The van der Waals surface area contributed by atoms with E-state index in [1.807, 2.05) is 0 Å². The molecule has 0 aromatic rings. The van der Waals surface area contributed by atoms with Gasteiger partial charge in [-0.1, -0.05) is 6.58 Å². The van der Waals surface area contributed by atoms with E-state index >= 15 is 0 Å². The number of aliphatic carboxylic acids is 1. The van der Waals surface area contributed by atoms with Gasteiger partial charge in [-0.3, -0.25) is 8.42 Å². The van der Waals surface area contributed by atoms with Gasteiger partial charge in [0, 0.05) is 10.4 Å². The quantitative estimate of drug-likeness (QED) is 0.231. The molecule has 198 valence electrons. The van der Waals surface area contributed by atoms with Gasteiger partial charge < -0.3 is 32.5 Å². The summed E-state index contributed by atoms with van der Waals surface area (Å²) in [5.74, 6) is -1.19. The predicted molar refractivity (Wildman–Crippen MR) is 130 cm³/mol. The number of quaternary nitrogens is 3. The molecule has 0 aromatic heterocycles. The van der Waals surface area contributed by atoms with Crippen LogP contribution in [0.1, 0.15) is 48.5 Å². The van der Waals surface area contributed by atoms with Crippen molar-refractivity contribution in [3.05, 3.63) is 12.2 Å². The number of carboxylic acid groups (broad SMARTS) is 1. The topological polar surface area (TPSA) is 120 Å². The van der Waals surface area contributed by atoms with E-state index in [0.717, 1.165) is 13.4 Å². The fourth-order valence-corrected chi connectivity index (χ4v) is 0.671. The van der Waals surface area contributed by atoms with Gasteiger partial charge in [0.15, 0.2) is 0 Å². The van der Waals surface area contributed by atoms with Gasteiger partial charge in [0.25, 0.3) is 0 Å². The highest BCUT2D eigenvalue weighted by Gasteiger charge is 2.06. The molecule has 0 spiro atoms. The van der Waals surface area contributed by atoms with Crippen molar-refractivity contribution in [1.29, 1.82) is 0 Å². The van der Waals surface area contributed by atoms with Crippen molar-refractivity contribution in [3.63, 3.8) is 0 Å². The van der Waals surface area contributed by atoms with Crippen LogP contribution in [-0.4, -0.2) is 118 Å². The van der Waals surface area contributed by atoms with Crippen LogP contribution in [0, 0.1) is 0 Å². The molecule has 0 heterocycles. The third-order valence-electron chi connectivity index (χ3n) is 5.48. The number of carboxylic acids is 1. The van der Waals surface area contributed by atoms with Crippen molar-refractivity contribution in [2.75, 3.05) is 81.6 Å². The van der Waals surface area contributed by atoms with Gasteiger partial charge in [0.05, 0.1) is 87.5 Å². The average molecular weight is 488 g/mol. The Morgan fingerprint density at radius 2 is 0.750 bits per heavy atom. The number of nitrogens with zero attached hydrogens (tertiary/aromatic N) is 3. The minimum Gasteiger partial charge on any atom is -0.759 e. The molecule has 0 aromatic carbocycles. The SMILES string of the molecule is C=C(C)C(=O)[O-].CC[N+](C)(C)CC.CC[N+](C)(C)CC.CC[N+](C)(C)CC.O=S(=O)([O-])[O-]. The molecule has 0 atom stereocenters. The van der Waals surface area contributed by atoms with Gasteiger partial charge >= 0.3 is 0 Å². The maximum atomic E-state index is 9.49. The maximum Gasteiger partial charge on any atom is 0.0753 e. The number of rotatable bonds is 7. The molecule has 0 unspecified atom stereocenters. The van der Waals surface area contributed by atoms with Crippen molar-refractivity contribution in [2.45, 2.75) is 48.5 Å². The third kappa shape index (κ3) is 51.5. The summed E-state index contributed by atoms with van der Waals surface area (Å²) in [5.41, 5.74) is 0.0648. The van der Waals surface area contributed by atoms with Crippen molar-refractivity contribution in [2.24, 2.45) is 0 Å². The highest BCUT2D eigenvalue weighted by atomic mass is 32.3. The Morgan fingerprint density at radius 1 is 0.656 bits per heavy atom. The van der Waals surface area contributed by atoms with Crippen LogP contribution in [0.3, 0.4) is 0 Å². The van der Waals surface area contributed by atoms with Crippen LogP contribution in [0.25, 0.3) is 0 Å². The first-order valence-electron chi connectivity index (χ1n) is 11.0. The molecule has 10 heteroatoms. The highest BCUT2D eigenvalue weighted by Crippen LogP contribution is 1.92. The Labute approximate surface area is 199 Å². The first kappa shape index (κ1) is 41.2. The van der Waals surface area contributed by atoms with Crippen LogP contribution in [0.4, 0.5) is 0 Å². The van der Waals surface area contributed by atoms with Crippen LogP contribution < -0.4 is 5.11 Å². The van der Waals surface area contributed by atoms with Gasteiger partial charge in [-0.25, -0.2) is 0 Å². The minimum absolute atomic E-state index is 0.0648. The standard InChI is InChI=1S/3C6H16N.C4H6O2.H2O4S/c3*1-5-7(3,4)6-2;1-3(2)4(5)6;1-5(2,3)4/h3*5-6H2,1-4H3;1H2,2H3,(H,5,6);(H2,1,2,3,4)/q3*+1;;/p-3. The van der Waals surface area contributed by atoms with Gasteiger partial charge in [-0.15, -0.1) is 0 Å². The van der Waals surface area contributed by atoms with Gasteiger partial charge in [0.1, 0.15) is 0 Å². The molecule has 0 saturated carbocycles. The van der Waals surface area contributed by atoms with E-state index in [2.05, 4.69) is 90.4 Å². The normalized spacial score (nSPS) is 11.1. The van der Waals surface area contributed by atoms with Crippen LogP contribution in [0.5, 0.6) is 0 Å². The van der Waals surface area contributed by atoms with Gasteiger partial charge in [0.2, 0.25) is 0 Å². The van der Waals surface area contributed by atoms with E-state index in [0.29, 0.717) is 0 Å². The van der Waals surface area contributed by atoms with Crippen molar-refractivity contribution in [1.82, 2.24) is 0 Å². The number of carbonyl (C=O) groups excluding carboxylic acids is 1. The molecular formula is C22H53N3O6S. The lowest BCUT2D eigenvalue weighted by Crippen LogP contribution is -2.38. The summed E-state index contributed by atoms with van der Waals surface area (Å²) in [6.45, 7) is 25.1. The summed E-state index contributed by atoms with van der Waals surface area (Å²) in [5, 5.41) is 9.49. The van der Waals surface area contributed by atoms with Crippen LogP contribution in [-0.2, 0) is 15.2 Å². The van der Waals surface area contributed by atoms with E-state index in [1.165, 1.54) is 46.2 Å². The smallest absolute Gasteiger partial charge is 0.0753 e. The minimum atomic E-state index is -5.17. The van der Waals surface area contributed by atoms with Crippen LogP contribution in [0.2, 0.25) is 0 Å². The largest absolute Gasteiger partial charge is 0.759 e. The second-order valence-electron chi connectivity index (χ2n) is 9.18. The lowest BCUT2D eigenvalue weighted by Gasteiger charge is -2.25. The summed E-state index contributed by atoms with van der Waals surface area (Å²) < 4.78 is 37.5. The first-order valence-corrected chi connectivity index (χ1v) is 12.3. The molecule has 0 rings (SSSR count). The Hall–Kier alpha value is -1.04.